The van der Waals surface area contributed by atoms with Crippen LogP contribution in [-0.2, 0) is 15.8 Å². The van der Waals surface area contributed by atoms with Gasteiger partial charge in [-0.05, 0) is 54.2 Å². The summed E-state index contributed by atoms with van der Waals surface area (Å²) in [6.45, 7) is 0.161. The molecule has 1 atom stereocenters. The van der Waals surface area contributed by atoms with Crippen LogP contribution in [0.2, 0.25) is 0 Å². The van der Waals surface area contributed by atoms with E-state index in [1.165, 1.54) is 0 Å². The molecule has 0 bridgehead atoms. The maximum absolute atomic E-state index is 13.3. The van der Waals surface area contributed by atoms with Crippen molar-refractivity contribution in [2.45, 2.75) is 11.8 Å². The van der Waals surface area contributed by atoms with Crippen molar-refractivity contribution in [2.24, 2.45) is 0 Å². The standard InChI is InChI=1S/C19H20F2N2O2S2/c1-23(2)18(17-11-26-19-6-4-3-5-16(17)19)10-22-27(24,25)12-13-7-14(20)9-15(21)8-13/h3-9,11,18,22H,10,12H2,1-2H3. The van der Waals surface area contributed by atoms with Crippen molar-refractivity contribution < 1.29 is 17.2 Å². The molecule has 27 heavy (non-hydrogen) atoms. The van der Waals surface area contributed by atoms with E-state index in [1.807, 2.05) is 48.6 Å². The number of hydrogen-bond acceptors (Lipinski definition) is 4. The zero-order valence-corrected chi connectivity index (χ0v) is 16.6. The Morgan fingerprint density at radius 2 is 1.78 bits per heavy atom. The lowest BCUT2D eigenvalue weighted by molar-refractivity contribution is 0.301. The van der Waals surface area contributed by atoms with E-state index in [1.54, 1.807) is 11.3 Å². The van der Waals surface area contributed by atoms with E-state index >= 15 is 0 Å². The summed E-state index contributed by atoms with van der Waals surface area (Å²) in [5.74, 6) is -2.07. The Morgan fingerprint density at radius 1 is 1.11 bits per heavy atom. The monoisotopic (exact) mass is 410 g/mol. The molecular weight excluding hydrogens is 390 g/mol. The number of rotatable bonds is 7. The summed E-state index contributed by atoms with van der Waals surface area (Å²) in [5.41, 5.74) is 1.11. The van der Waals surface area contributed by atoms with Crippen LogP contribution in [0, 0.1) is 11.6 Å². The van der Waals surface area contributed by atoms with E-state index in [0.717, 1.165) is 27.8 Å². The van der Waals surface area contributed by atoms with E-state index in [0.29, 0.717) is 6.07 Å². The molecule has 1 N–H and O–H groups in total. The fraction of sp³-hybridized carbons (Fsp3) is 0.263. The number of halogens is 2. The molecule has 0 radical (unpaired) electrons. The lowest BCUT2D eigenvalue weighted by atomic mass is 10.1. The first-order chi connectivity index (χ1) is 12.7. The van der Waals surface area contributed by atoms with Gasteiger partial charge in [0.15, 0.2) is 0 Å². The molecule has 0 fully saturated rings. The molecule has 0 aliphatic rings. The molecule has 0 saturated carbocycles. The van der Waals surface area contributed by atoms with Gasteiger partial charge >= 0.3 is 0 Å². The summed E-state index contributed by atoms with van der Waals surface area (Å²) in [4.78, 5) is 1.94. The second kappa shape index (κ2) is 8.02. The van der Waals surface area contributed by atoms with Gasteiger partial charge in [0, 0.05) is 23.4 Å². The number of nitrogens with zero attached hydrogens (tertiary/aromatic N) is 1. The van der Waals surface area contributed by atoms with Crippen LogP contribution < -0.4 is 4.72 Å². The van der Waals surface area contributed by atoms with Gasteiger partial charge < -0.3 is 4.90 Å². The van der Waals surface area contributed by atoms with Gasteiger partial charge in [0.1, 0.15) is 11.6 Å². The second-order valence-corrected chi connectivity index (χ2v) is 9.27. The third-order valence-corrected chi connectivity index (χ3v) is 6.57. The Labute approximate surface area is 161 Å². The molecule has 144 valence electrons. The molecule has 1 aromatic heterocycles. The van der Waals surface area contributed by atoms with Gasteiger partial charge in [-0.1, -0.05) is 18.2 Å². The summed E-state index contributed by atoms with van der Waals surface area (Å²) in [6.07, 6.45) is 0. The smallest absolute Gasteiger partial charge is 0.215 e. The molecule has 1 heterocycles. The summed E-state index contributed by atoms with van der Waals surface area (Å²) in [6, 6.07) is 10.6. The average Bonchev–Trinajstić information content (AvgIpc) is 2.97. The molecule has 0 aliphatic heterocycles. The fourth-order valence-corrected chi connectivity index (χ4v) is 5.13. The van der Waals surface area contributed by atoms with Crippen LogP contribution in [0.3, 0.4) is 0 Å². The van der Waals surface area contributed by atoms with Crippen molar-refractivity contribution in [3.63, 3.8) is 0 Å². The first kappa shape index (κ1) is 19.9. The van der Waals surface area contributed by atoms with Crippen molar-refractivity contribution in [1.29, 1.82) is 0 Å². The number of sulfonamides is 1. The van der Waals surface area contributed by atoms with Crippen molar-refractivity contribution in [2.75, 3.05) is 20.6 Å². The van der Waals surface area contributed by atoms with Crippen molar-refractivity contribution in [1.82, 2.24) is 9.62 Å². The fourth-order valence-electron chi connectivity index (χ4n) is 3.00. The van der Waals surface area contributed by atoms with Crippen LogP contribution in [0.5, 0.6) is 0 Å². The van der Waals surface area contributed by atoms with Crippen LogP contribution in [0.15, 0.2) is 47.8 Å². The maximum atomic E-state index is 13.3. The van der Waals surface area contributed by atoms with E-state index in [9.17, 15) is 17.2 Å². The van der Waals surface area contributed by atoms with Crippen molar-refractivity contribution in [3.05, 3.63) is 70.6 Å². The quantitative estimate of drug-likeness (QED) is 0.643. The van der Waals surface area contributed by atoms with Crippen molar-refractivity contribution in [3.8, 4) is 0 Å². The third kappa shape index (κ3) is 4.90. The minimum atomic E-state index is -3.75. The van der Waals surface area contributed by atoms with E-state index in [2.05, 4.69) is 4.72 Å². The molecule has 3 aromatic rings. The highest BCUT2D eigenvalue weighted by Crippen LogP contribution is 2.32. The van der Waals surface area contributed by atoms with Crippen LogP contribution in [-0.4, -0.2) is 34.0 Å². The van der Waals surface area contributed by atoms with Crippen molar-refractivity contribution >= 4 is 31.4 Å². The number of benzene rings is 2. The van der Waals surface area contributed by atoms with Gasteiger partial charge in [0.2, 0.25) is 10.0 Å². The van der Waals surface area contributed by atoms with Gasteiger partial charge in [-0.2, -0.15) is 0 Å². The van der Waals surface area contributed by atoms with Crippen LogP contribution in [0.1, 0.15) is 17.2 Å². The van der Waals surface area contributed by atoms with E-state index in [-0.39, 0.29) is 18.2 Å². The Balaban J connectivity index is 1.77. The molecule has 3 rings (SSSR count). The lowest BCUT2D eigenvalue weighted by Gasteiger charge is -2.24. The minimum Gasteiger partial charge on any atom is -0.301 e. The number of fused-ring (bicyclic) bond motifs is 1. The van der Waals surface area contributed by atoms with Gasteiger partial charge in [-0.3, -0.25) is 0 Å². The summed E-state index contributed by atoms with van der Waals surface area (Å²) < 4.78 is 55.1. The Bertz CT molecular complexity index is 1030. The molecule has 8 heteroatoms. The average molecular weight is 411 g/mol. The molecule has 0 aliphatic carbocycles. The first-order valence-corrected chi connectivity index (χ1v) is 10.8. The highest BCUT2D eigenvalue weighted by molar-refractivity contribution is 7.88. The number of likely N-dealkylation sites (N-methyl/N-ethyl adjacent to an activating group) is 1. The summed E-state index contributed by atoms with van der Waals surface area (Å²) in [5, 5.41) is 3.12. The zero-order chi connectivity index (χ0) is 19.6. The van der Waals surface area contributed by atoms with Crippen LogP contribution in [0.4, 0.5) is 8.78 Å². The van der Waals surface area contributed by atoms with E-state index in [4.69, 9.17) is 0 Å². The van der Waals surface area contributed by atoms with Gasteiger partial charge in [0.25, 0.3) is 0 Å². The zero-order valence-electron chi connectivity index (χ0n) is 14.9. The highest BCUT2D eigenvalue weighted by atomic mass is 32.2. The Kier molecular flexibility index (Phi) is 5.90. The molecule has 1 unspecified atom stereocenters. The van der Waals surface area contributed by atoms with Gasteiger partial charge in [0.05, 0.1) is 5.75 Å². The number of nitrogens with one attached hydrogen (secondary N) is 1. The van der Waals surface area contributed by atoms with Crippen LogP contribution in [0.25, 0.3) is 10.1 Å². The predicted molar refractivity (Wildman–Crippen MR) is 105 cm³/mol. The topological polar surface area (TPSA) is 49.4 Å². The van der Waals surface area contributed by atoms with E-state index < -0.39 is 27.4 Å². The Hall–Kier alpha value is -1.87. The predicted octanol–water partition coefficient (Wildman–Crippen LogP) is 3.90. The largest absolute Gasteiger partial charge is 0.301 e. The molecule has 0 spiro atoms. The SMILES string of the molecule is CN(C)C(CNS(=O)(=O)Cc1cc(F)cc(F)c1)c1csc2ccccc12. The molecular formula is C19H20F2N2O2S2. The summed E-state index contributed by atoms with van der Waals surface area (Å²) in [7, 11) is 0.0169. The summed E-state index contributed by atoms with van der Waals surface area (Å²) >= 11 is 1.61. The normalized spacial score (nSPS) is 13.4. The number of hydrogen-bond donors (Lipinski definition) is 1. The van der Waals surface area contributed by atoms with Gasteiger partial charge in [-0.15, -0.1) is 11.3 Å². The van der Waals surface area contributed by atoms with Crippen LogP contribution >= 0.6 is 11.3 Å². The lowest BCUT2D eigenvalue weighted by Crippen LogP contribution is -2.35. The molecule has 2 aromatic carbocycles. The van der Waals surface area contributed by atoms with Gasteiger partial charge in [-0.25, -0.2) is 21.9 Å². The molecule has 4 nitrogen and oxygen atoms in total. The molecule has 0 saturated heterocycles. The Morgan fingerprint density at radius 3 is 2.44 bits per heavy atom. The highest BCUT2D eigenvalue weighted by Gasteiger charge is 2.21. The maximum Gasteiger partial charge on any atom is 0.215 e. The second-order valence-electron chi connectivity index (χ2n) is 6.55. The first-order valence-electron chi connectivity index (χ1n) is 8.30. The molecule has 0 amide bonds. The number of thiophene rings is 1. The third-order valence-electron chi connectivity index (χ3n) is 4.27. The minimum absolute atomic E-state index is 0.0717.